The Labute approximate surface area is 101 Å². The number of halogens is 1. The highest BCUT2D eigenvalue weighted by atomic mass is 19.1. The van der Waals surface area contributed by atoms with Crippen LogP contribution in [0.4, 0.5) is 10.1 Å². The Hall–Kier alpha value is -1.09. The first-order valence-corrected chi connectivity index (χ1v) is 6.58. The van der Waals surface area contributed by atoms with Crippen molar-refractivity contribution in [3.63, 3.8) is 0 Å². The van der Waals surface area contributed by atoms with Crippen LogP contribution in [0.1, 0.15) is 43.7 Å². The van der Waals surface area contributed by atoms with Crippen molar-refractivity contribution in [2.45, 2.75) is 44.2 Å². The fourth-order valence-electron chi connectivity index (χ4n) is 3.33. The van der Waals surface area contributed by atoms with Crippen LogP contribution in [0.2, 0.25) is 0 Å². The molecule has 0 amide bonds. The summed E-state index contributed by atoms with van der Waals surface area (Å²) in [5.41, 5.74) is 7.93. The van der Waals surface area contributed by atoms with Gasteiger partial charge < -0.3 is 11.1 Å². The molecule has 1 aromatic carbocycles. The lowest BCUT2D eigenvalue weighted by Gasteiger charge is -2.38. The van der Waals surface area contributed by atoms with Crippen LogP contribution in [0.15, 0.2) is 18.2 Å². The van der Waals surface area contributed by atoms with Gasteiger partial charge in [0, 0.05) is 12.1 Å². The predicted octanol–water partition coefficient (Wildman–Crippen LogP) is 3.20. The molecule has 2 aliphatic rings. The predicted molar refractivity (Wildman–Crippen MR) is 67.3 cm³/mol. The van der Waals surface area contributed by atoms with Crippen LogP contribution in [0.5, 0.6) is 0 Å². The van der Waals surface area contributed by atoms with Crippen molar-refractivity contribution < 1.29 is 4.39 Å². The quantitative estimate of drug-likeness (QED) is 0.723. The molecule has 1 fully saturated rings. The van der Waals surface area contributed by atoms with E-state index in [1.54, 1.807) is 6.07 Å². The minimum absolute atomic E-state index is 0.00921. The standard InChI is InChI=1S/C14H19FN2/c15-11-7-4-6-10-13(16)9-5-2-1-3-8-12(9)17-14(10)11/h4,6-7,9,12-13,17H,1-3,5,8,16H2. The third kappa shape index (κ3) is 1.82. The molecule has 1 heterocycles. The van der Waals surface area contributed by atoms with Gasteiger partial charge in [-0.3, -0.25) is 0 Å². The molecule has 3 unspecified atom stereocenters. The van der Waals surface area contributed by atoms with Gasteiger partial charge >= 0.3 is 0 Å². The van der Waals surface area contributed by atoms with Gasteiger partial charge in [0.2, 0.25) is 0 Å². The van der Waals surface area contributed by atoms with Gasteiger partial charge in [0.05, 0.1) is 5.69 Å². The van der Waals surface area contributed by atoms with Crippen molar-refractivity contribution >= 4 is 5.69 Å². The second kappa shape index (κ2) is 4.30. The van der Waals surface area contributed by atoms with Crippen molar-refractivity contribution in [1.82, 2.24) is 0 Å². The molecule has 1 saturated carbocycles. The van der Waals surface area contributed by atoms with Crippen LogP contribution < -0.4 is 11.1 Å². The van der Waals surface area contributed by atoms with Gasteiger partial charge in [-0.15, -0.1) is 0 Å². The highest BCUT2D eigenvalue weighted by Gasteiger charge is 2.35. The summed E-state index contributed by atoms with van der Waals surface area (Å²) in [5, 5.41) is 3.38. The van der Waals surface area contributed by atoms with E-state index in [1.807, 2.05) is 6.07 Å². The van der Waals surface area contributed by atoms with E-state index in [0.717, 1.165) is 18.4 Å². The first kappa shape index (κ1) is 11.0. The summed E-state index contributed by atoms with van der Waals surface area (Å²) in [6.45, 7) is 0. The zero-order chi connectivity index (χ0) is 11.8. The third-order valence-corrected chi connectivity index (χ3v) is 4.27. The number of hydrogen-bond acceptors (Lipinski definition) is 2. The fourth-order valence-corrected chi connectivity index (χ4v) is 3.33. The van der Waals surface area contributed by atoms with E-state index < -0.39 is 0 Å². The number of anilines is 1. The highest BCUT2D eigenvalue weighted by Crippen LogP contribution is 2.41. The topological polar surface area (TPSA) is 38.0 Å². The molecule has 0 radical (unpaired) electrons. The molecular formula is C14H19FN2. The number of rotatable bonds is 0. The summed E-state index contributed by atoms with van der Waals surface area (Å²) >= 11 is 0. The summed E-state index contributed by atoms with van der Waals surface area (Å²) in [6.07, 6.45) is 6.03. The summed E-state index contributed by atoms with van der Waals surface area (Å²) < 4.78 is 13.8. The Kier molecular flexibility index (Phi) is 2.79. The van der Waals surface area contributed by atoms with Gasteiger partial charge in [-0.25, -0.2) is 4.39 Å². The molecule has 92 valence electrons. The van der Waals surface area contributed by atoms with E-state index >= 15 is 0 Å². The smallest absolute Gasteiger partial charge is 0.146 e. The summed E-state index contributed by atoms with van der Waals surface area (Å²) in [4.78, 5) is 0. The van der Waals surface area contributed by atoms with E-state index in [1.165, 1.54) is 25.3 Å². The number of nitrogens with two attached hydrogens (primary N) is 1. The van der Waals surface area contributed by atoms with Crippen LogP contribution in [0, 0.1) is 11.7 Å². The Bertz CT molecular complexity index is 419. The molecule has 2 nitrogen and oxygen atoms in total. The average Bonchev–Trinajstić information content (AvgIpc) is 2.56. The molecule has 1 aliphatic heterocycles. The van der Waals surface area contributed by atoms with Crippen LogP contribution in [-0.2, 0) is 0 Å². The SMILES string of the molecule is NC1c2cccc(F)c2NC2CCCCCC21. The molecular weight excluding hydrogens is 215 g/mol. The lowest BCUT2D eigenvalue weighted by molar-refractivity contribution is 0.337. The molecule has 0 spiro atoms. The van der Waals surface area contributed by atoms with E-state index in [2.05, 4.69) is 5.32 Å². The summed E-state index contributed by atoms with van der Waals surface area (Å²) in [6, 6.07) is 5.57. The Morgan fingerprint density at radius 3 is 2.88 bits per heavy atom. The largest absolute Gasteiger partial charge is 0.379 e. The molecule has 0 aromatic heterocycles. The minimum atomic E-state index is -0.166. The Morgan fingerprint density at radius 2 is 2.00 bits per heavy atom. The lowest BCUT2D eigenvalue weighted by Crippen LogP contribution is -2.41. The first-order valence-electron chi connectivity index (χ1n) is 6.58. The Morgan fingerprint density at radius 1 is 1.18 bits per heavy atom. The molecule has 0 bridgehead atoms. The van der Waals surface area contributed by atoms with E-state index in [4.69, 9.17) is 5.73 Å². The van der Waals surface area contributed by atoms with Crippen molar-refractivity contribution in [3.05, 3.63) is 29.6 Å². The van der Waals surface area contributed by atoms with Gasteiger partial charge in [-0.1, -0.05) is 31.4 Å². The number of fused-ring (bicyclic) bond motifs is 2. The maximum Gasteiger partial charge on any atom is 0.146 e. The highest BCUT2D eigenvalue weighted by molar-refractivity contribution is 5.57. The van der Waals surface area contributed by atoms with Crippen LogP contribution in [0.3, 0.4) is 0 Å². The normalized spacial score (nSPS) is 32.0. The van der Waals surface area contributed by atoms with Crippen LogP contribution in [0.25, 0.3) is 0 Å². The second-order valence-corrected chi connectivity index (χ2v) is 5.28. The molecule has 17 heavy (non-hydrogen) atoms. The minimum Gasteiger partial charge on any atom is -0.379 e. The summed E-state index contributed by atoms with van der Waals surface area (Å²) in [5.74, 6) is 0.299. The molecule has 3 rings (SSSR count). The molecule has 1 aromatic rings. The number of nitrogens with one attached hydrogen (secondary N) is 1. The average molecular weight is 234 g/mol. The fraction of sp³-hybridized carbons (Fsp3) is 0.571. The number of hydrogen-bond donors (Lipinski definition) is 2. The zero-order valence-electron chi connectivity index (χ0n) is 9.95. The Balaban J connectivity index is 2.00. The number of para-hydroxylation sites is 1. The molecule has 3 atom stereocenters. The van der Waals surface area contributed by atoms with Crippen LogP contribution in [-0.4, -0.2) is 6.04 Å². The number of benzene rings is 1. The molecule has 0 saturated heterocycles. The monoisotopic (exact) mass is 234 g/mol. The van der Waals surface area contributed by atoms with Crippen molar-refractivity contribution in [3.8, 4) is 0 Å². The van der Waals surface area contributed by atoms with Gasteiger partial charge in [0.1, 0.15) is 5.82 Å². The second-order valence-electron chi connectivity index (χ2n) is 5.28. The lowest BCUT2D eigenvalue weighted by atomic mass is 9.80. The maximum atomic E-state index is 13.8. The van der Waals surface area contributed by atoms with Gasteiger partial charge in [-0.05, 0) is 30.4 Å². The van der Waals surface area contributed by atoms with Gasteiger partial charge in [0.15, 0.2) is 0 Å². The summed E-state index contributed by atoms with van der Waals surface area (Å²) in [7, 11) is 0. The van der Waals surface area contributed by atoms with Crippen molar-refractivity contribution in [1.29, 1.82) is 0 Å². The van der Waals surface area contributed by atoms with Crippen molar-refractivity contribution in [2.24, 2.45) is 11.7 Å². The molecule has 3 heteroatoms. The van der Waals surface area contributed by atoms with Gasteiger partial charge in [0.25, 0.3) is 0 Å². The van der Waals surface area contributed by atoms with Gasteiger partial charge in [-0.2, -0.15) is 0 Å². The van der Waals surface area contributed by atoms with Crippen LogP contribution >= 0.6 is 0 Å². The molecule has 3 N–H and O–H groups in total. The van der Waals surface area contributed by atoms with E-state index in [0.29, 0.717) is 17.6 Å². The zero-order valence-corrected chi connectivity index (χ0v) is 9.95. The van der Waals surface area contributed by atoms with E-state index in [-0.39, 0.29) is 11.9 Å². The van der Waals surface area contributed by atoms with Crippen molar-refractivity contribution in [2.75, 3.05) is 5.32 Å². The third-order valence-electron chi connectivity index (χ3n) is 4.27. The van der Waals surface area contributed by atoms with E-state index in [9.17, 15) is 4.39 Å². The molecule has 1 aliphatic carbocycles. The maximum absolute atomic E-state index is 13.8. The first-order chi connectivity index (χ1) is 8.27.